The number of benzene rings is 1. The molecule has 0 fully saturated rings. The van der Waals surface area contributed by atoms with Gasteiger partial charge in [0.15, 0.2) is 9.84 Å². The molecule has 0 amide bonds. The lowest BCUT2D eigenvalue weighted by atomic mass is 10.2. The molecule has 1 N–H and O–H groups in total. The second-order valence-electron chi connectivity index (χ2n) is 4.30. The fraction of sp³-hybridized carbons (Fsp3) is 0.455. The topological polar surface area (TPSA) is 80.3 Å². The standard InChI is InChI=1S/C11H16ClNO4S2/c1-18(14,15)7-6-13-8-9-10(12)4-3-5-11(9)19(2,16)17/h3-5,13H,6-8H2,1-2H3. The lowest BCUT2D eigenvalue weighted by Gasteiger charge is -2.11. The molecule has 19 heavy (non-hydrogen) atoms. The quantitative estimate of drug-likeness (QED) is 0.785. The van der Waals surface area contributed by atoms with Crippen LogP contribution in [0.3, 0.4) is 0 Å². The molecule has 0 aliphatic carbocycles. The molecule has 1 rings (SSSR count). The van der Waals surface area contributed by atoms with Crippen molar-refractivity contribution in [1.82, 2.24) is 5.32 Å². The Balaban J connectivity index is 2.84. The van der Waals surface area contributed by atoms with Crippen LogP contribution in [0.25, 0.3) is 0 Å². The molecule has 0 radical (unpaired) electrons. The molecule has 0 unspecified atom stereocenters. The van der Waals surface area contributed by atoms with Crippen molar-refractivity contribution in [3.63, 3.8) is 0 Å². The molecule has 0 aliphatic heterocycles. The Morgan fingerprint density at radius 1 is 1.16 bits per heavy atom. The molecule has 5 nitrogen and oxygen atoms in total. The maximum absolute atomic E-state index is 11.6. The van der Waals surface area contributed by atoms with E-state index in [0.29, 0.717) is 10.6 Å². The first kappa shape index (κ1) is 16.4. The molecule has 1 aromatic rings. The number of nitrogens with one attached hydrogen (secondary N) is 1. The van der Waals surface area contributed by atoms with E-state index in [-0.39, 0.29) is 23.7 Å². The summed E-state index contributed by atoms with van der Waals surface area (Å²) in [4.78, 5) is 0.159. The number of hydrogen-bond donors (Lipinski definition) is 1. The summed E-state index contributed by atoms with van der Waals surface area (Å²) in [7, 11) is -6.41. The first-order valence-electron chi connectivity index (χ1n) is 5.47. The van der Waals surface area contributed by atoms with Gasteiger partial charge in [0.25, 0.3) is 0 Å². The van der Waals surface area contributed by atoms with Crippen LogP contribution in [0, 0.1) is 0 Å². The van der Waals surface area contributed by atoms with Gasteiger partial charge < -0.3 is 5.32 Å². The molecule has 0 aliphatic rings. The zero-order valence-corrected chi connectivity index (χ0v) is 13.1. The Morgan fingerprint density at radius 3 is 2.32 bits per heavy atom. The van der Waals surface area contributed by atoms with Crippen molar-refractivity contribution in [3.05, 3.63) is 28.8 Å². The van der Waals surface area contributed by atoms with E-state index >= 15 is 0 Å². The summed E-state index contributed by atoms with van der Waals surface area (Å²) >= 11 is 5.98. The highest BCUT2D eigenvalue weighted by Gasteiger charge is 2.15. The van der Waals surface area contributed by atoms with E-state index in [0.717, 1.165) is 12.5 Å². The molecule has 1 aromatic carbocycles. The van der Waals surface area contributed by atoms with Crippen molar-refractivity contribution < 1.29 is 16.8 Å². The maximum atomic E-state index is 11.6. The van der Waals surface area contributed by atoms with Gasteiger partial charge in [0, 0.05) is 36.2 Å². The SMILES string of the molecule is CS(=O)(=O)CCNCc1c(Cl)cccc1S(C)(=O)=O. The maximum Gasteiger partial charge on any atom is 0.175 e. The average Bonchev–Trinajstić information content (AvgIpc) is 2.23. The Hall–Kier alpha value is -0.630. The molecule has 108 valence electrons. The number of hydrogen-bond acceptors (Lipinski definition) is 5. The van der Waals surface area contributed by atoms with Gasteiger partial charge in [-0.2, -0.15) is 0 Å². The predicted octanol–water partition coefficient (Wildman–Crippen LogP) is 0.878. The summed E-state index contributed by atoms with van der Waals surface area (Å²) in [5.74, 6) is -0.00827. The Morgan fingerprint density at radius 2 is 1.79 bits per heavy atom. The highest BCUT2D eigenvalue weighted by molar-refractivity contribution is 7.91. The fourth-order valence-electron chi connectivity index (χ4n) is 1.53. The van der Waals surface area contributed by atoms with Crippen LogP contribution >= 0.6 is 11.6 Å². The van der Waals surface area contributed by atoms with E-state index in [4.69, 9.17) is 11.6 Å². The van der Waals surface area contributed by atoms with Crippen molar-refractivity contribution in [2.45, 2.75) is 11.4 Å². The van der Waals surface area contributed by atoms with Crippen molar-refractivity contribution >= 4 is 31.3 Å². The molecule has 0 atom stereocenters. The summed E-state index contributed by atoms with van der Waals surface area (Å²) in [6.07, 6.45) is 2.25. The van der Waals surface area contributed by atoms with Gasteiger partial charge >= 0.3 is 0 Å². The summed E-state index contributed by atoms with van der Waals surface area (Å²) < 4.78 is 45.2. The molecular formula is C11H16ClNO4S2. The third-order valence-electron chi connectivity index (χ3n) is 2.43. The van der Waals surface area contributed by atoms with E-state index in [1.807, 2.05) is 0 Å². The lowest BCUT2D eigenvalue weighted by Crippen LogP contribution is -2.23. The van der Waals surface area contributed by atoms with Gasteiger partial charge in [0.1, 0.15) is 9.84 Å². The summed E-state index contributed by atoms with van der Waals surface area (Å²) in [5.41, 5.74) is 0.458. The smallest absolute Gasteiger partial charge is 0.175 e. The largest absolute Gasteiger partial charge is 0.312 e. The van der Waals surface area contributed by atoms with Crippen LogP contribution in [0.4, 0.5) is 0 Å². The van der Waals surface area contributed by atoms with Gasteiger partial charge in [0.05, 0.1) is 10.6 Å². The van der Waals surface area contributed by atoms with Crippen molar-refractivity contribution in [2.75, 3.05) is 24.8 Å². The third-order valence-corrected chi connectivity index (χ3v) is 4.91. The molecule has 0 bridgehead atoms. The highest BCUT2D eigenvalue weighted by atomic mass is 35.5. The molecule has 0 aromatic heterocycles. The molecule has 0 saturated carbocycles. The highest BCUT2D eigenvalue weighted by Crippen LogP contribution is 2.23. The average molecular weight is 326 g/mol. The monoisotopic (exact) mass is 325 g/mol. The van der Waals surface area contributed by atoms with Gasteiger partial charge in [-0.3, -0.25) is 0 Å². The summed E-state index contributed by atoms with van der Waals surface area (Å²) in [5, 5.41) is 3.23. The van der Waals surface area contributed by atoms with Crippen LogP contribution in [-0.4, -0.2) is 41.6 Å². The normalized spacial score (nSPS) is 12.6. The van der Waals surface area contributed by atoms with Crippen molar-refractivity contribution in [3.8, 4) is 0 Å². The second-order valence-corrected chi connectivity index (χ2v) is 8.95. The summed E-state index contributed by atoms with van der Waals surface area (Å²) in [6, 6.07) is 4.65. The van der Waals surface area contributed by atoms with E-state index in [9.17, 15) is 16.8 Å². The van der Waals surface area contributed by atoms with Crippen LogP contribution < -0.4 is 5.32 Å². The number of halogens is 1. The van der Waals surface area contributed by atoms with Gasteiger partial charge in [-0.25, -0.2) is 16.8 Å². The van der Waals surface area contributed by atoms with E-state index in [1.54, 1.807) is 12.1 Å². The lowest BCUT2D eigenvalue weighted by molar-refractivity contribution is 0.592. The van der Waals surface area contributed by atoms with Crippen LogP contribution in [-0.2, 0) is 26.2 Å². The number of sulfone groups is 2. The molecule has 0 heterocycles. The van der Waals surface area contributed by atoms with Gasteiger partial charge in [0.2, 0.25) is 0 Å². The summed E-state index contributed by atoms with van der Waals surface area (Å²) in [6.45, 7) is 0.449. The van der Waals surface area contributed by atoms with Crippen LogP contribution in [0.2, 0.25) is 5.02 Å². The molecule has 0 spiro atoms. The van der Waals surface area contributed by atoms with Gasteiger partial charge in [-0.05, 0) is 12.1 Å². The first-order chi connectivity index (χ1) is 8.61. The van der Waals surface area contributed by atoms with Crippen molar-refractivity contribution in [2.24, 2.45) is 0 Å². The predicted molar refractivity (Wildman–Crippen MR) is 76.0 cm³/mol. The van der Waals surface area contributed by atoms with E-state index < -0.39 is 19.7 Å². The zero-order valence-electron chi connectivity index (χ0n) is 10.7. The van der Waals surface area contributed by atoms with Crippen LogP contribution in [0.15, 0.2) is 23.1 Å². The minimum Gasteiger partial charge on any atom is -0.312 e. The number of rotatable bonds is 6. The van der Waals surface area contributed by atoms with Crippen LogP contribution in [0.1, 0.15) is 5.56 Å². The Bertz CT molecular complexity index is 653. The Kier molecular flexibility index (Phi) is 5.37. The van der Waals surface area contributed by atoms with Crippen molar-refractivity contribution in [1.29, 1.82) is 0 Å². The third kappa shape index (κ3) is 5.48. The second kappa shape index (κ2) is 6.21. The fourth-order valence-corrected chi connectivity index (χ4v) is 3.30. The van der Waals surface area contributed by atoms with Gasteiger partial charge in [-0.15, -0.1) is 0 Å². The minimum absolute atomic E-state index is 0.00827. The minimum atomic E-state index is -3.36. The first-order valence-corrected chi connectivity index (χ1v) is 9.80. The molecular weight excluding hydrogens is 310 g/mol. The van der Waals surface area contributed by atoms with Gasteiger partial charge in [-0.1, -0.05) is 17.7 Å². The zero-order chi connectivity index (χ0) is 14.7. The van der Waals surface area contributed by atoms with E-state index in [2.05, 4.69) is 5.32 Å². The van der Waals surface area contributed by atoms with Crippen LogP contribution in [0.5, 0.6) is 0 Å². The Labute approximate surface area is 118 Å². The van der Waals surface area contributed by atoms with E-state index in [1.165, 1.54) is 6.07 Å². The molecule has 0 saturated heterocycles. The molecule has 8 heteroatoms.